The SMILES string of the molecule is COc1cccnc1C(O)c1c(F)cccc1F. The highest BCUT2D eigenvalue weighted by Gasteiger charge is 2.23. The first-order valence-electron chi connectivity index (χ1n) is 5.26. The van der Waals surface area contributed by atoms with Crippen molar-refractivity contribution in [1.29, 1.82) is 0 Å². The normalized spacial score (nSPS) is 12.2. The van der Waals surface area contributed by atoms with Gasteiger partial charge in [-0.05, 0) is 24.3 Å². The van der Waals surface area contributed by atoms with Gasteiger partial charge in [0.05, 0.1) is 12.7 Å². The second kappa shape index (κ2) is 5.10. The van der Waals surface area contributed by atoms with Crippen molar-refractivity contribution in [1.82, 2.24) is 4.98 Å². The molecule has 1 aromatic heterocycles. The van der Waals surface area contributed by atoms with E-state index in [1.54, 1.807) is 12.1 Å². The average molecular weight is 251 g/mol. The number of halogens is 2. The van der Waals surface area contributed by atoms with E-state index in [-0.39, 0.29) is 11.4 Å². The fourth-order valence-corrected chi connectivity index (χ4v) is 1.69. The second-order valence-corrected chi connectivity index (χ2v) is 3.63. The van der Waals surface area contributed by atoms with Crippen LogP contribution in [-0.2, 0) is 0 Å². The van der Waals surface area contributed by atoms with Crippen LogP contribution in [0.5, 0.6) is 5.75 Å². The summed E-state index contributed by atoms with van der Waals surface area (Å²) >= 11 is 0. The summed E-state index contributed by atoms with van der Waals surface area (Å²) in [6, 6.07) is 6.56. The maximum atomic E-state index is 13.6. The molecule has 0 aliphatic heterocycles. The summed E-state index contributed by atoms with van der Waals surface area (Å²) in [5.41, 5.74) is -0.362. The first kappa shape index (κ1) is 12.4. The molecule has 2 aromatic rings. The van der Waals surface area contributed by atoms with Gasteiger partial charge in [0.15, 0.2) is 0 Å². The Balaban J connectivity index is 2.51. The molecule has 1 aromatic carbocycles. The molecule has 0 bridgehead atoms. The smallest absolute Gasteiger partial charge is 0.143 e. The first-order chi connectivity index (χ1) is 8.65. The molecule has 1 unspecified atom stereocenters. The number of aliphatic hydroxyl groups is 1. The Bertz CT molecular complexity index is 540. The molecule has 0 fully saturated rings. The zero-order chi connectivity index (χ0) is 13.1. The number of aromatic nitrogens is 1. The molecule has 5 heteroatoms. The zero-order valence-corrected chi connectivity index (χ0v) is 9.60. The molecule has 2 rings (SSSR count). The van der Waals surface area contributed by atoms with Crippen molar-refractivity contribution < 1.29 is 18.6 Å². The summed E-state index contributed by atoms with van der Waals surface area (Å²) in [6.07, 6.45) is -0.0952. The summed E-state index contributed by atoms with van der Waals surface area (Å²) in [4.78, 5) is 3.90. The van der Waals surface area contributed by atoms with Gasteiger partial charge in [0.2, 0.25) is 0 Å². The lowest BCUT2D eigenvalue weighted by atomic mass is 10.0. The number of hydrogen-bond donors (Lipinski definition) is 1. The Morgan fingerprint density at radius 1 is 1.17 bits per heavy atom. The summed E-state index contributed by atoms with van der Waals surface area (Å²) in [7, 11) is 1.39. The molecule has 0 amide bonds. The molecule has 1 heterocycles. The average Bonchev–Trinajstić information content (AvgIpc) is 2.38. The van der Waals surface area contributed by atoms with Crippen LogP contribution in [0.3, 0.4) is 0 Å². The number of rotatable bonds is 3. The lowest BCUT2D eigenvalue weighted by molar-refractivity contribution is 0.198. The van der Waals surface area contributed by atoms with E-state index < -0.39 is 23.3 Å². The number of hydrogen-bond acceptors (Lipinski definition) is 3. The minimum Gasteiger partial charge on any atom is -0.495 e. The van der Waals surface area contributed by atoms with Gasteiger partial charge in [-0.25, -0.2) is 8.78 Å². The van der Waals surface area contributed by atoms with Crippen molar-refractivity contribution in [3.8, 4) is 5.75 Å². The van der Waals surface area contributed by atoms with Crippen LogP contribution in [0.2, 0.25) is 0 Å². The highest BCUT2D eigenvalue weighted by atomic mass is 19.1. The largest absolute Gasteiger partial charge is 0.495 e. The molecular formula is C13H11F2NO2. The highest BCUT2D eigenvalue weighted by molar-refractivity contribution is 5.36. The number of nitrogens with zero attached hydrogens (tertiary/aromatic N) is 1. The van der Waals surface area contributed by atoms with Crippen LogP contribution >= 0.6 is 0 Å². The van der Waals surface area contributed by atoms with Crippen molar-refractivity contribution >= 4 is 0 Å². The predicted octanol–water partition coefficient (Wildman–Crippen LogP) is 2.45. The Morgan fingerprint density at radius 3 is 2.44 bits per heavy atom. The molecule has 0 aliphatic rings. The highest BCUT2D eigenvalue weighted by Crippen LogP contribution is 2.30. The van der Waals surface area contributed by atoms with Crippen LogP contribution < -0.4 is 4.74 Å². The standard InChI is InChI=1S/C13H11F2NO2/c1-18-10-6-3-7-16-12(10)13(17)11-8(14)4-2-5-9(11)15/h2-7,13,17H,1H3. The van der Waals surface area contributed by atoms with Gasteiger partial charge < -0.3 is 9.84 Å². The molecule has 18 heavy (non-hydrogen) atoms. The Hall–Kier alpha value is -2.01. The topological polar surface area (TPSA) is 42.4 Å². The van der Waals surface area contributed by atoms with Crippen molar-refractivity contribution in [3.63, 3.8) is 0 Å². The van der Waals surface area contributed by atoms with Crippen molar-refractivity contribution in [2.75, 3.05) is 7.11 Å². The maximum Gasteiger partial charge on any atom is 0.143 e. The van der Waals surface area contributed by atoms with Crippen LogP contribution in [0.4, 0.5) is 8.78 Å². The van der Waals surface area contributed by atoms with Crippen molar-refractivity contribution in [2.24, 2.45) is 0 Å². The molecule has 1 atom stereocenters. The van der Waals surface area contributed by atoms with Gasteiger partial charge in [-0.1, -0.05) is 6.07 Å². The van der Waals surface area contributed by atoms with E-state index in [9.17, 15) is 13.9 Å². The van der Waals surface area contributed by atoms with E-state index in [2.05, 4.69) is 4.98 Å². The van der Waals surface area contributed by atoms with Gasteiger partial charge in [0, 0.05) is 6.20 Å². The van der Waals surface area contributed by atoms with Gasteiger partial charge >= 0.3 is 0 Å². The Morgan fingerprint density at radius 2 is 1.83 bits per heavy atom. The van der Waals surface area contributed by atoms with E-state index >= 15 is 0 Å². The minimum absolute atomic E-state index is 0.0731. The quantitative estimate of drug-likeness (QED) is 0.911. The number of pyridine rings is 1. The lowest BCUT2D eigenvalue weighted by Gasteiger charge is -2.14. The van der Waals surface area contributed by atoms with Crippen molar-refractivity contribution in [2.45, 2.75) is 6.10 Å². The van der Waals surface area contributed by atoms with Gasteiger partial charge in [0.1, 0.15) is 29.2 Å². The number of ether oxygens (including phenoxy) is 1. The summed E-state index contributed by atoms with van der Waals surface area (Å²) in [5, 5.41) is 10.0. The molecule has 0 radical (unpaired) electrons. The lowest BCUT2D eigenvalue weighted by Crippen LogP contribution is -2.09. The van der Waals surface area contributed by atoms with Gasteiger partial charge in [-0.2, -0.15) is 0 Å². The van der Waals surface area contributed by atoms with E-state index in [1.807, 2.05) is 0 Å². The number of methoxy groups -OCH3 is 1. The van der Waals surface area contributed by atoms with E-state index in [1.165, 1.54) is 19.4 Å². The second-order valence-electron chi connectivity index (χ2n) is 3.63. The summed E-state index contributed by atoms with van der Waals surface area (Å²) in [5.74, 6) is -1.38. The molecule has 0 aliphatic carbocycles. The number of benzene rings is 1. The molecule has 0 saturated carbocycles. The maximum absolute atomic E-state index is 13.6. The predicted molar refractivity (Wildman–Crippen MR) is 61.2 cm³/mol. The fourth-order valence-electron chi connectivity index (χ4n) is 1.69. The van der Waals surface area contributed by atoms with Crippen LogP contribution in [0.25, 0.3) is 0 Å². The van der Waals surface area contributed by atoms with Crippen LogP contribution in [0.15, 0.2) is 36.5 Å². The molecule has 3 nitrogen and oxygen atoms in total. The molecule has 0 spiro atoms. The fraction of sp³-hybridized carbons (Fsp3) is 0.154. The van der Waals surface area contributed by atoms with Gasteiger partial charge in [0.25, 0.3) is 0 Å². The van der Waals surface area contributed by atoms with Gasteiger partial charge in [-0.3, -0.25) is 4.98 Å². The van der Waals surface area contributed by atoms with Gasteiger partial charge in [-0.15, -0.1) is 0 Å². The molecule has 0 saturated heterocycles. The molecular weight excluding hydrogens is 240 g/mol. The van der Waals surface area contributed by atoms with Crippen LogP contribution in [0.1, 0.15) is 17.4 Å². The Labute approximate surface area is 103 Å². The Kier molecular flexibility index (Phi) is 3.53. The van der Waals surface area contributed by atoms with E-state index in [0.29, 0.717) is 0 Å². The third-order valence-electron chi connectivity index (χ3n) is 2.55. The minimum atomic E-state index is -1.51. The third-order valence-corrected chi connectivity index (χ3v) is 2.55. The first-order valence-corrected chi connectivity index (χ1v) is 5.26. The van der Waals surface area contributed by atoms with Crippen LogP contribution in [-0.4, -0.2) is 17.2 Å². The summed E-state index contributed by atoms with van der Waals surface area (Å²) in [6.45, 7) is 0. The summed E-state index contributed by atoms with van der Waals surface area (Å²) < 4.78 is 32.1. The third kappa shape index (κ3) is 2.17. The molecule has 1 N–H and O–H groups in total. The van der Waals surface area contributed by atoms with E-state index in [4.69, 9.17) is 4.74 Å². The molecule has 94 valence electrons. The van der Waals surface area contributed by atoms with E-state index in [0.717, 1.165) is 12.1 Å². The van der Waals surface area contributed by atoms with Crippen molar-refractivity contribution in [3.05, 3.63) is 59.4 Å². The monoisotopic (exact) mass is 251 g/mol. The van der Waals surface area contributed by atoms with Crippen LogP contribution in [0, 0.1) is 11.6 Å². The zero-order valence-electron chi connectivity index (χ0n) is 9.60. The number of aliphatic hydroxyl groups excluding tert-OH is 1.